The fourth-order valence-corrected chi connectivity index (χ4v) is 3.07. The van der Waals surface area contributed by atoms with Crippen LogP contribution in [0.25, 0.3) is 0 Å². The molecule has 5 heteroatoms. The van der Waals surface area contributed by atoms with E-state index in [0.717, 1.165) is 11.1 Å². The first-order valence-electron chi connectivity index (χ1n) is 9.11. The Balaban J connectivity index is 2.08. The maximum atomic E-state index is 14.2. The minimum atomic E-state index is -1.68. The maximum Gasteiger partial charge on any atom is 0.179 e. The Morgan fingerprint density at radius 3 is 2.03 bits per heavy atom. The van der Waals surface area contributed by atoms with Crippen molar-refractivity contribution in [2.45, 2.75) is 12.0 Å². The van der Waals surface area contributed by atoms with Crippen LogP contribution in [0.1, 0.15) is 16.7 Å². The quantitative estimate of drug-likeness (QED) is 0.524. The molecule has 0 aliphatic heterocycles. The van der Waals surface area contributed by atoms with Gasteiger partial charge in [0.15, 0.2) is 17.1 Å². The van der Waals surface area contributed by atoms with Gasteiger partial charge in [-0.05, 0) is 17.7 Å². The Kier molecular flexibility index (Phi) is 6.36. The average Bonchev–Trinajstić information content (AvgIpc) is 2.78. The number of aliphatic imine (C=N–C) groups is 1. The van der Waals surface area contributed by atoms with Crippen LogP contribution in [0.15, 0.2) is 83.9 Å². The molecule has 0 bridgehead atoms. The lowest BCUT2D eigenvalue weighted by Gasteiger charge is -2.21. The van der Waals surface area contributed by atoms with Crippen LogP contribution in [0.3, 0.4) is 0 Å². The van der Waals surface area contributed by atoms with Gasteiger partial charge < -0.3 is 4.74 Å². The molecule has 3 rings (SSSR count). The molecule has 1 atom stereocenters. The maximum absolute atomic E-state index is 14.2. The van der Waals surface area contributed by atoms with Crippen molar-refractivity contribution in [3.8, 4) is 11.8 Å². The zero-order valence-corrected chi connectivity index (χ0v) is 16.0. The van der Waals surface area contributed by atoms with Gasteiger partial charge in [-0.3, -0.25) is 4.99 Å². The third kappa shape index (κ3) is 4.67. The molecule has 0 aliphatic carbocycles. The second-order valence-corrected chi connectivity index (χ2v) is 6.62. The summed E-state index contributed by atoms with van der Waals surface area (Å²) in [6, 6.07) is 25.0. The molecule has 0 saturated heterocycles. The van der Waals surface area contributed by atoms with Crippen LogP contribution in [0.4, 0.5) is 8.78 Å². The fraction of sp³-hybridized carbons (Fsp3) is 0.167. The van der Waals surface area contributed by atoms with Crippen LogP contribution in [0.5, 0.6) is 5.75 Å². The first-order valence-corrected chi connectivity index (χ1v) is 9.11. The number of hydrogen-bond donors (Lipinski definition) is 0. The summed E-state index contributed by atoms with van der Waals surface area (Å²) in [6.45, 7) is -1.000. The molecule has 3 aromatic carbocycles. The smallest absolute Gasteiger partial charge is 0.179 e. The molecule has 0 spiro atoms. The molecule has 0 radical (unpaired) electrons. The first kappa shape index (κ1) is 20.2. The summed E-state index contributed by atoms with van der Waals surface area (Å²) < 4.78 is 33.2. The third-order valence-electron chi connectivity index (χ3n) is 4.56. The first-order chi connectivity index (χ1) is 14.1. The van der Waals surface area contributed by atoms with Gasteiger partial charge in [0.05, 0.1) is 18.9 Å². The molecule has 0 aromatic heterocycles. The summed E-state index contributed by atoms with van der Waals surface area (Å²) in [5.41, 5.74) is 0.841. The van der Waals surface area contributed by atoms with E-state index in [0.29, 0.717) is 11.3 Å². The van der Waals surface area contributed by atoms with Crippen molar-refractivity contribution in [2.75, 3.05) is 13.8 Å². The van der Waals surface area contributed by atoms with Crippen molar-refractivity contribution >= 4 is 5.71 Å². The minimum absolute atomic E-state index is 0.0654. The molecule has 1 unspecified atom stereocenters. The van der Waals surface area contributed by atoms with E-state index >= 15 is 0 Å². The van der Waals surface area contributed by atoms with Gasteiger partial charge in [0, 0.05) is 17.5 Å². The molecule has 0 fully saturated rings. The second kappa shape index (κ2) is 9.11. The molecule has 3 nitrogen and oxygen atoms in total. The van der Waals surface area contributed by atoms with Gasteiger partial charge in [0.1, 0.15) is 6.67 Å². The van der Waals surface area contributed by atoms with E-state index in [9.17, 15) is 14.0 Å². The van der Waals surface area contributed by atoms with Gasteiger partial charge >= 0.3 is 0 Å². The highest BCUT2D eigenvalue weighted by Gasteiger charge is 2.32. The number of rotatable bonds is 7. The summed E-state index contributed by atoms with van der Waals surface area (Å²) in [5, 5.41) is 9.84. The molecule has 3 aromatic rings. The lowest BCUT2D eigenvalue weighted by molar-refractivity contribution is 0.366. The zero-order valence-electron chi connectivity index (χ0n) is 16.0. The van der Waals surface area contributed by atoms with E-state index in [-0.39, 0.29) is 12.2 Å². The molecular weight excluding hydrogens is 370 g/mol. The van der Waals surface area contributed by atoms with Gasteiger partial charge in [-0.15, -0.1) is 0 Å². The number of methoxy groups -OCH3 is 1. The monoisotopic (exact) mass is 390 g/mol. The van der Waals surface area contributed by atoms with Gasteiger partial charge in [-0.25, -0.2) is 8.78 Å². The molecular formula is C24H20F2N2O. The van der Waals surface area contributed by atoms with Gasteiger partial charge in [0.2, 0.25) is 0 Å². The predicted molar refractivity (Wildman–Crippen MR) is 109 cm³/mol. The summed E-state index contributed by atoms with van der Waals surface area (Å²) in [7, 11) is 1.37. The Morgan fingerprint density at radius 1 is 1.00 bits per heavy atom. The molecule has 29 heavy (non-hydrogen) atoms. The highest BCUT2D eigenvalue weighted by atomic mass is 19.1. The van der Waals surface area contributed by atoms with Crippen LogP contribution >= 0.6 is 0 Å². The normalized spacial score (nSPS) is 12.5. The Labute approximate surface area is 168 Å². The Bertz CT molecular complexity index is 988. The van der Waals surface area contributed by atoms with Crippen LogP contribution in [0, 0.1) is 17.1 Å². The van der Waals surface area contributed by atoms with Gasteiger partial charge in [0.25, 0.3) is 0 Å². The topological polar surface area (TPSA) is 45.4 Å². The highest BCUT2D eigenvalue weighted by Crippen LogP contribution is 2.25. The standard InChI is InChI=1S/C24H20F2N2O/c1-29-22-13-12-18(14-21(22)26)15-24(16-25,17-27)28-23(19-8-4-2-5-9-19)20-10-6-3-7-11-20/h2-14H,15-16H2,1H3. The van der Waals surface area contributed by atoms with Crippen LogP contribution in [-0.4, -0.2) is 25.0 Å². The molecule has 0 aliphatic rings. The number of alkyl halides is 1. The molecule has 0 amide bonds. The number of ether oxygens (including phenoxy) is 1. The SMILES string of the molecule is COc1ccc(CC(C#N)(CF)N=C(c2ccccc2)c2ccccc2)cc1F. The third-order valence-corrected chi connectivity index (χ3v) is 4.56. The fourth-order valence-electron chi connectivity index (χ4n) is 3.07. The summed E-state index contributed by atoms with van der Waals surface area (Å²) in [4.78, 5) is 4.58. The summed E-state index contributed by atoms with van der Waals surface area (Å²) in [5.74, 6) is -0.472. The van der Waals surface area contributed by atoms with E-state index < -0.39 is 18.0 Å². The van der Waals surface area contributed by atoms with Gasteiger partial charge in [-0.2, -0.15) is 5.26 Å². The molecule has 0 saturated carbocycles. The molecule has 0 N–H and O–H groups in total. The van der Waals surface area contributed by atoms with E-state index in [4.69, 9.17) is 4.74 Å². The average molecular weight is 390 g/mol. The number of nitrogens with zero attached hydrogens (tertiary/aromatic N) is 2. The van der Waals surface area contributed by atoms with Crippen molar-refractivity contribution in [2.24, 2.45) is 4.99 Å². The molecule has 146 valence electrons. The van der Waals surface area contributed by atoms with Gasteiger partial charge in [-0.1, -0.05) is 66.7 Å². The van der Waals surface area contributed by atoms with Crippen LogP contribution < -0.4 is 4.74 Å². The van der Waals surface area contributed by atoms with Crippen molar-refractivity contribution in [1.29, 1.82) is 5.26 Å². The number of benzene rings is 3. The van der Waals surface area contributed by atoms with E-state index in [1.807, 2.05) is 66.7 Å². The number of nitriles is 1. The van der Waals surface area contributed by atoms with E-state index in [1.54, 1.807) is 6.07 Å². The van der Waals surface area contributed by atoms with E-state index in [2.05, 4.69) is 4.99 Å². The van der Waals surface area contributed by atoms with Crippen molar-refractivity contribution in [1.82, 2.24) is 0 Å². The number of halogens is 2. The zero-order chi connectivity index (χ0) is 20.7. The minimum Gasteiger partial charge on any atom is -0.494 e. The lowest BCUT2D eigenvalue weighted by Crippen LogP contribution is -2.32. The van der Waals surface area contributed by atoms with Crippen molar-refractivity contribution in [3.05, 3.63) is 101 Å². The summed E-state index contributed by atoms with van der Waals surface area (Å²) >= 11 is 0. The molecule has 0 heterocycles. The van der Waals surface area contributed by atoms with Crippen molar-refractivity contribution < 1.29 is 13.5 Å². The van der Waals surface area contributed by atoms with Crippen LogP contribution in [0.2, 0.25) is 0 Å². The van der Waals surface area contributed by atoms with Crippen molar-refractivity contribution in [3.63, 3.8) is 0 Å². The van der Waals surface area contributed by atoms with E-state index in [1.165, 1.54) is 19.2 Å². The summed E-state index contributed by atoms with van der Waals surface area (Å²) in [6.07, 6.45) is -0.0654. The predicted octanol–water partition coefficient (Wildman–Crippen LogP) is 5.15. The Morgan fingerprint density at radius 2 is 1.59 bits per heavy atom. The largest absolute Gasteiger partial charge is 0.494 e. The number of hydrogen-bond acceptors (Lipinski definition) is 3. The Hall–Kier alpha value is -3.52. The second-order valence-electron chi connectivity index (χ2n) is 6.62. The van der Waals surface area contributed by atoms with Crippen LogP contribution in [-0.2, 0) is 6.42 Å². The lowest BCUT2D eigenvalue weighted by atomic mass is 9.92. The highest BCUT2D eigenvalue weighted by molar-refractivity contribution is 6.13.